The van der Waals surface area contributed by atoms with Gasteiger partial charge in [-0.25, -0.2) is 0 Å². The lowest BCUT2D eigenvalue weighted by atomic mass is 10.1. The molecule has 0 spiro atoms. The first-order valence-corrected chi connectivity index (χ1v) is 2.79. The van der Waals surface area contributed by atoms with Gasteiger partial charge in [-0.3, -0.25) is 4.79 Å². The molecule has 0 aromatic carbocycles. The van der Waals surface area contributed by atoms with Gasteiger partial charge in [0.15, 0.2) is 0 Å². The van der Waals surface area contributed by atoms with Crippen LogP contribution in [-0.4, -0.2) is 19.0 Å². The molecule has 0 unspecified atom stereocenters. The van der Waals surface area contributed by atoms with Crippen LogP contribution in [0.15, 0.2) is 0 Å². The Labute approximate surface area is 60.4 Å². The van der Waals surface area contributed by atoms with E-state index in [4.69, 9.17) is 5.73 Å². The van der Waals surface area contributed by atoms with Gasteiger partial charge in [-0.2, -0.15) is 0 Å². The van der Waals surface area contributed by atoms with Crippen LogP contribution in [0.1, 0.15) is 6.42 Å². The summed E-state index contributed by atoms with van der Waals surface area (Å²) in [5.74, 6) is 0.531. The lowest BCUT2D eigenvalue weighted by molar-refractivity contribution is -0.119. The number of nitrogens with one attached hydrogen (secondary N) is 1. The number of hydrogen-bond acceptors (Lipinski definition) is 2. The fourth-order valence-electron chi connectivity index (χ4n) is 0.831. The molecular weight excluding hydrogens is 140 g/mol. The summed E-state index contributed by atoms with van der Waals surface area (Å²) in [7, 11) is 0. The number of amides is 1. The molecule has 4 heteroatoms. The third-order valence-corrected chi connectivity index (χ3v) is 1.40. The van der Waals surface area contributed by atoms with Crippen LogP contribution in [0.4, 0.5) is 0 Å². The number of hydrogen-bond donors (Lipinski definition) is 2. The lowest BCUT2D eigenvalue weighted by Gasteiger charge is -1.97. The molecule has 1 amide bonds. The highest BCUT2D eigenvalue weighted by atomic mass is 35.5. The average Bonchev–Trinajstić information content (AvgIpc) is 2.14. The molecule has 1 aliphatic rings. The molecule has 1 atom stereocenters. The Morgan fingerprint density at radius 2 is 2.44 bits per heavy atom. The van der Waals surface area contributed by atoms with E-state index in [0.29, 0.717) is 18.9 Å². The van der Waals surface area contributed by atoms with E-state index in [1.54, 1.807) is 0 Å². The second-order valence-corrected chi connectivity index (χ2v) is 2.11. The Hall–Kier alpha value is -0.280. The molecule has 9 heavy (non-hydrogen) atoms. The second kappa shape index (κ2) is 3.69. The summed E-state index contributed by atoms with van der Waals surface area (Å²) in [6, 6.07) is 0. The summed E-state index contributed by atoms with van der Waals surface area (Å²) >= 11 is 0. The van der Waals surface area contributed by atoms with Gasteiger partial charge in [0.25, 0.3) is 0 Å². The zero-order valence-electron chi connectivity index (χ0n) is 5.09. The van der Waals surface area contributed by atoms with Gasteiger partial charge in [0, 0.05) is 13.0 Å². The minimum atomic E-state index is 0. The van der Waals surface area contributed by atoms with Gasteiger partial charge in [0.05, 0.1) is 0 Å². The first-order valence-electron chi connectivity index (χ1n) is 2.79. The quantitative estimate of drug-likeness (QED) is 0.530. The zero-order valence-corrected chi connectivity index (χ0v) is 5.91. The molecule has 0 radical (unpaired) electrons. The Balaban J connectivity index is 0.000000640. The van der Waals surface area contributed by atoms with E-state index in [-0.39, 0.29) is 18.3 Å². The number of nitrogens with two attached hydrogens (primary N) is 1. The van der Waals surface area contributed by atoms with Crippen LogP contribution in [0.5, 0.6) is 0 Å². The van der Waals surface area contributed by atoms with Crippen molar-refractivity contribution in [1.29, 1.82) is 0 Å². The fourth-order valence-corrected chi connectivity index (χ4v) is 0.831. The van der Waals surface area contributed by atoms with Crippen LogP contribution < -0.4 is 11.1 Å². The molecule has 1 rings (SSSR count). The maximum atomic E-state index is 10.4. The standard InChI is InChI=1S/C5H10N2O.ClH/c6-2-4-1-5(8)7-3-4;/h4H,1-3,6H2,(H,7,8);1H/t4-;/m1./s1. The van der Waals surface area contributed by atoms with Gasteiger partial charge in [-0.05, 0) is 12.5 Å². The monoisotopic (exact) mass is 150 g/mol. The summed E-state index contributed by atoms with van der Waals surface area (Å²) in [5.41, 5.74) is 5.30. The molecule has 54 valence electrons. The van der Waals surface area contributed by atoms with Gasteiger partial charge in [0.1, 0.15) is 0 Å². The molecule has 1 fully saturated rings. The predicted molar refractivity (Wildman–Crippen MR) is 37.4 cm³/mol. The lowest BCUT2D eigenvalue weighted by Crippen LogP contribution is -2.17. The normalized spacial score (nSPS) is 25.0. The van der Waals surface area contributed by atoms with E-state index in [1.807, 2.05) is 0 Å². The Bertz CT molecular complexity index is 107. The van der Waals surface area contributed by atoms with Crippen LogP contribution in [0.2, 0.25) is 0 Å². The zero-order chi connectivity index (χ0) is 5.98. The highest BCUT2D eigenvalue weighted by Crippen LogP contribution is 2.04. The predicted octanol–water partition coefficient (Wildman–Crippen LogP) is -0.497. The van der Waals surface area contributed by atoms with E-state index in [9.17, 15) is 4.79 Å². The third-order valence-electron chi connectivity index (χ3n) is 1.40. The highest BCUT2D eigenvalue weighted by Gasteiger charge is 2.18. The molecule has 0 bridgehead atoms. The number of rotatable bonds is 1. The van der Waals surface area contributed by atoms with E-state index < -0.39 is 0 Å². The summed E-state index contributed by atoms with van der Waals surface area (Å²) in [6.45, 7) is 1.40. The Morgan fingerprint density at radius 1 is 1.78 bits per heavy atom. The van der Waals surface area contributed by atoms with Crippen LogP contribution in [0.3, 0.4) is 0 Å². The van der Waals surface area contributed by atoms with Crippen molar-refractivity contribution >= 4 is 18.3 Å². The maximum Gasteiger partial charge on any atom is 0.220 e. The SMILES string of the molecule is Cl.NC[C@@H]1CNC(=O)C1. The van der Waals surface area contributed by atoms with Crippen molar-refractivity contribution in [2.45, 2.75) is 6.42 Å². The number of halogens is 1. The van der Waals surface area contributed by atoms with Gasteiger partial charge >= 0.3 is 0 Å². The van der Waals surface area contributed by atoms with Crippen molar-refractivity contribution in [3.8, 4) is 0 Å². The van der Waals surface area contributed by atoms with Gasteiger partial charge in [-0.1, -0.05) is 0 Å². The summed E-state index contributed by atoms with van der Waals surface area (Å²) in [6.07, 6.45) is 0.622. The molecule has 1 aliphatic heterocycles. The first-order chi connectivity index (χ1) is 3.83. The molecule has 3 N–H and O–H groups in total. The first kappa shape index (κ1) is 8.72. The minimum absolute atomic E-state index is 0. The van der Waals surface area contributed by atoms with Gasteiger partial charge in [-0.15, -0.1) is 12.4 Å². The third kappa shape index (κ3) is 2.20. The second-order valence-electron chi connectivity index (χ2n) is 2.11. The molecule has 0 aromatic rings. The van der Waals surface area contributed by atoms with E-state index in [2.05, 4.69) is 5.32 Å². The molecule has 0 aliphatic carbocycles. The Kier molecular flexibility index (Phi) is 3.58. The molecule has 3 nitrogen and oxygen atoms in total. The molecule has 1 heterocycles. The largest absolute Gasteiger partial charge is 0.356 e. The number of carbonyl (C=O) groups is 1. The van der Waals surface area contributed by atoms with Crippen LogP contribution in [0.25, 0.3) is 0 Å². The fraction of sp³-hybridized carbons (Fsp3) is 0.800. The smallest absolute Gasteiger partial charge is 0.220 e. The van der Waals surface area contributed by atoms with E-state index >= 15 is 0 Å². The van der Waals surface area contributed by atoms with Crippen molar-refractivity contribution in [3.05, 3.63) is 0 Å². The van der Waals surface area contributed by atoms with Gasteiger partial charge in [0.2, 0.25) is 5.91 Å². The number of carbonyl (C=O) groups excluding carboxylic acids is 1. The summed E-state index contributed by atoms with van der Waals surface area (Å²) in [4.78, 5) is 10.4. The molecule has 0 aromatic heterocycles. The van der Waals surface area contributed by atoms with Gasteiger partial charge < -0.3 is 11.1 Å². The van der Waals surface area contributed by atoms with Crippen LogP contribution in [-0.2, 0) is 4.79 Å². The maximum absolute atomic E-state index is 10.4. The van der Waals surface area contributed by atoms with Crippen molar-refractivity contribution < 1.29 is 4.79 Å². The Morgan fingerprint density at radius 3 is 2.67 bits per heavy atom. The van der Waals surface area contributed by atoms with Crippen molar-refractivity contribution in [2.24, 2.45) is 11.7 Å². The van der Waals surface area contributed by atoms with E-state index in [1.165, 1.54) is 0 Å². The topological polar surface area (TPSA) is 55.1 Å². The molecule has 1 saturated heterocycles. The van der Waals surface area contributed by atoms with Crippen molar-refractivity contribution in [3.63, 3.8) is 0 Å². The van der Waals surface area contributed by atoms with Crippen molar-refractivity contribution in [2.75, 3.05) is 13.1 Å². The minimum Gasteiger partial charge on any atom is -0.356 e. The van der Waals surface area contributed by atoms with Crippen molar-refractivity contribution in [1.82, 2.24) is 5.32 Å². The van der Waals surface area contributed by atoms with E-state index in [0.717, 1.165) is 6.54 Å². The average molecular weight is 151 g/mol. The van der Waals surface area contributed by atoms with Crippen LogP contribution >= 0.6 is 12.4 Å². The molecular formula is C5H11ClN2O. The molecule has 0 saturated carbocycles. The van der Waals surface area contributed by atoms with Crippen LogP contribution in [0, 0.1) is 5.92 Å². The highest BCUT2D eigenvalue weighted by molar-refractivity contribution is 5.85. The summed E-state index contributed by atoms with van der Waals surface area (Å²) < 4.78 is 0. The summed E-state index contributed by atoms with van der Waals surface area (Å²) in [5, 5.41) is 2.70.